The number of nitrogens with zero attached hydrogens (tertiary/aromatic N) is 2. The first kappa shape index (κ1) is 12.7. The number of anilines is 1. The van der Waals surface area contributed by atoms with E-state index in [1.165, 1.54) is 6.33 Å². The fourth-order valence-corrected chi connectivity index (χ4v) is 1.28. The van der Waals surface area contributed by atoms with Crippen LogP contribution in [0.5, 0.6) is 0 Å². The van der Waals surface area contributed by atoms with E-state index in [1.807, 2.05) is 0 Å². The van der Waals surface area contributed by atoms with Crippen LogP contribution in [0.3, 0.4) is 0 Å². The summed E-state index contributed by atoms with van der Waals surface area (Å²) in [6.07, 6.45) is 1.28. The SMILES string of the molecule is CCOC(=O)CNCc1c(N)ncnc1Cl. The quantitative estimate of drug-likeness (QED) is 0.574. The molecule has 0 aliphatic rings. The molecule has 0 saturated heterocycles. The molecule has 88 valence electrons. The largest absolute Gasteiger partial charge is 0.465 e. The first-order valence-corrected chi connectivity index (χ1v) is 5.14. The number of aromatic nitrogens is 2. The number of halogens is 1. The second-order valence-electron chi connectivity index (χ2n) is 2.94. The van der Waals surface area contributed by atoms with Crippen LogP contribution in [-0.2, 0) is 16.1 Å². The van der Waals surface area contributed by atoms with E-state index < -0.39 is 0 Å². The second-order valence-corrected chi connectivity index (χ2v) is 3.29. The Balaban J connectivity index is 2.46. The van der Waals surface area contributed by atoms with Crippen molar-refractivity contribution in [3.05, 3.63) is 17.0 Å². The molecule has 0 bridgehead atoms. The van der Waals surface area contributed by atoms with Crippen LogP contribution >= 0.6 is 11.6 Å². The van der Waals surface area contributed by atoms with Crippen molar-refractivity contribution in [1.29, 1.82) is 0 Å². The van der Waals surface area contributed by atoms with Crippen molar-refractivity contribution < 1.29 is 9.53 Å². The van der Waals surface area contributed by atoms with Gasteiger partial charge in [-0.2, -0.15) is 0 Å². The van der Waals surface area contributed by atoms with Crippen molar-refractivity contribution >= 4 is 23.4 Å². The van der Waals surface area contributed by atoms with Crippen molar-refractivity contribution in [2.75, 3.05) is 18.9 Å². The molecule has 0 fully saturated rings. The minimum absolute atomic E-state index is 0.0957. The van der Waals surface area contributed by atoms with Gasteiger partial charge in [-0.25, -0.2) is 9.97 Å². The van der Waals surface area contributed by atoms with Gasteiger partial charge in [-0.05, 0) is 6.92 Å². The summed E-state index contributed by atoms with van der Waals surface area (Å²) in [5.41, 5.74) is 6.18. The molecule has 16 heavy (non-hydrogen) atoms. The third-order valence-corrected chi connectivity index (χ3v) is 2.13. The molecular formula is C9H13ClN4O2. The number of hydrogen-bond donors (Lipinski definition) is 2. The lowest BCUT2D eigenvalue weighted by atomic mass is 10.3. The molecule has 1 rings (SSSR count). The Morgan fingerprint density at radius 1 is 1.62 bits per heavy atom. The maximum atomic E-state index is 11.0. The maximum Gasteiger partial charge on any atom is 0.319 e. The lowest BCUT2D eigenvalue weighted by molar-refractivity contribution is -0.142. The van der Waals surface area contributed by atoms with E-state index in [4.69, 9.17) is 22.1 Å². The molecule has 3 N–H and O–H groups in total. The Bertz CT molecular complexity index is 352. The van der Waals surface area contributed by atoms with Crippen LogP contribution in [0.25, 0.3) is 0 Å². The molecular weight excluding hydrogens is 232 g/mol. The van der Waals surface area contributed by atoms with Crippen molar-refractivity contribution in [3.8, 4) is 0 Å². The molecule has 0 atom stereocenters. The number of nitrogen functional groups attached to an aromatic ring is 1. The Morgan fingerprint density at radius 2 is 2.38 bits per heavy atom. The fraction of sp³-hybridized carbons (Fsp3) is 0.444. The van der Waals surface area contributed by atoms with Crippen LogP contribution in [-0.4, -0.2) is 29.1 Å². The molecule has 0 unspecified atom stereocenters. The first-order chi connectivity index (χ1) is 7.65. The zero-order valence-electron chi connectivity index (χ0n) is 8.86. The zero-order valence-corrected chi connectivity index (χ0v) is 9.62. The minimum atomic E-state index is -0.325. The van der Waals surface area contributed by atoms with E-state index in [0.29, 0.717) is 24.5 Å². The van der Waals surface area contributed by atoms with Gasteiger partial charge < -0.3 is 15.8 Å². The molecule has 0 spiro atoms. The van der Waals surface area contributed by atoms with E-state index >= 15 is 0 Å². The highest BCUT2D eigenvalue weighted by molar-refractivity contribution is 6.30. The molecule has 0 saturated carbocycles. The summed E-state index contributed by atoms with van der Waals surface area (Å²) in [6, 6.07) is 0. The van der Waals surface area contributed by atoms with E-state index in [0.717, 1.165) is 0 Å². The van der Waals surface area contributed by atoms with Gasteiger partial charge >= 0.3 is 5.97 Å². The first-order valence-electron chi connectivity index (χ1n) is 4.76. The minimum Gasteiger partial charge on any atom is -0.465 e. The van der Waals surface area contributed by atoms with Crippen molar-refractivity contribution in [2.24, 2.45) is 0 Å². The van der Waals surface area contributed by atoms with Gasteiger partial charge in [0.25, 0.3) is 0 Å². The van der Waals surface area contributed by atoms with Gasteiger partial charge in [-0.1, -0.05) is 11.6 Å². The smallest absolute Gasteiger partial charge is 0.319 e. The number of esters is 1. The van der Waals surface area contributed by atoms with Gasteiger partial charge in [-0.3, -0.25) is 4.79 Å². The Kier molecular flexibility index (Phi) is 4.94. The van der Waals surface area contributed by atoms with Crippen LogP contribution in [0.15, 0.2) is 6.33 Å². The molecule has 0 aromatic carbocycles. The Labute approximate surface area is 98.2 Å². The zero-order chi connectivity index (χ0) is 12.0. The molecule has 0 radical (unpaired) electrons. The Hall–Kier alpha value is -1.40. The number of nitrogens with two attached hydrogens (primary N) is 1. The van der Waals surface area contributed by atoms with Gasteiger partial charge in [0, 0.05) is 12.1 Å². The van der Waals surface area contributed by atoms with Crippen LogP contribution in [0.2, 0.25) is 5.15 Å². The number of rotatable bonds is 5. The second kappa shape index (κ2) is 6.24. The summed E-state index contributed by atoms with van der Waals surface area (Å²) < 4.78 is 4.74. The highest BCUT2D eigenvalue weighted by Gasteiger charge is 2.07. The molecule has 1 heterocycles. The molecule has 0 aliphatic heterocycles. The normalized spacial score (nSPS) is 10.1. The summed E-state index contributed by atoms with van der Waals surface area (Å²) in [6.45, 7) is 2.53. The summed E-state index contributed by atoms with van der Waals surface area (Å²) in [7, 11) is 0. The summed E-state index contributed by atoms with van der Waals surface area (Å²) in [4.78, 5) is 18.6. The van der Waals surface area contributed by atoms with Crippen LogP contribution in [0.4, 0.5) is 5.82 Å². The van der Waals surface area contributed by atoms with Gasteiger partial charge in [0.1, 0.15) is 17.3 Å². The molecule has 0 amide bonds. The fourth-order valence-electron chi connectivity index (χ4n) is 1.07. The number of nitrogens with one attached hydrogen (secondary N) is 1. The van der Waals surface area contributed by atoms with Crippen LogP contribution < -0.4 is 11.1 Å². The highest BCUT2D eigenvalue weighted by atomic mass is 35.5. The van der Waals surface area contributed by atoms with Gasteiger partial charge in [0.15, 0.2) is 0 Å². The number of ether oxygens (including phenoxy) is 1. The third-order valence-electron chi connectivity index (χ3n) is 1.80. The molecule has 1 aromatic heterocycles. The molecule has 6 nitrogen and oxygen atoms in total. The average Bonchev–Trinajstić information content (AvgIpc) is 2.23. The predicted molar refractivity (Wildman–Crippen MR) is 59.8 cm³/mol. The number of carbonyl (C=O) groups excluding carboxylic acids is 1. The number of hydrogen-bond acceptors (Lipinski definition) is 6. The van der Waals surface area contributed by atoms with Gasteiger partial charge in [0.05, 0.1) is 13.2 Å². The van der Waals surface area contributed by atoms with Crippen LogP contribution in [0.1, 0.15) is 12.5 Å². The molecule has 7 heteroatoms. The topological polar surface area (TPSA) is 90.1 Å². The lowest BCUT2D eigenvalue weighted by Gasteiger charge is -2.07. The summed E-state index contributed by atoms with van der Waals surface area (Å²) in [5, 5.41) is 3.13. The van der Waals surface area contributed by atoms with Gasteiger partial charge in [0.2, 0.25) is 0 Å². The third kappa shape index (κ3) is 3.63. The maximum absolute atomic E-state index is 11.0. The predicted octanol–water partition coefficient (Wildman–Crippen LogP) is 0.365. The molecule has 1 aromatic rings. The van der Waals surface area contributed by atoms with E-state index in [-0.39, 0.29) is 17.7 Å². The van der Waals surface area contributed by atoms with Crippen molar-refractivity contribution in [1.82, 2.24) is 15.3 Å². The highest BCUT2D eigenvalue weighted by Crippen LogP contribution is 2.16. The Morgan fingerprint density at radius 3 is 3.00 bits per heavy atom. The van der Waals surface area contributed by atoms with Crippen molar-refractivity contribution in [3.63, 3.8) is 0 Å². The summed E-state index contributed by atoms with van der Waals surface area (Å²) >= 11 is 5.82. The lowest BCUT2D eigenvalue weighted by Crippen LogP contribution is -2.25. The van der Waals surface area contributed by atoms with Crippen LogP contribution in [0, 0.1) is 0 Å². The standard InChI is InChI=1S/C9H13ClN4O2/c1-2-16-7(15)4-12-3-6-8(10)13-5-14-9(6)11/h5,12H,2-4H2,1H3,(H2,11,13,14). The van der Waals surface area contributed by atoms with Crippen molar-refractivity contribution in [2.45, 2.75) is 13.5 Å². The van der Waals surface area contributed by atoms with E-state index in [2.05, 4.69) is 15.3 Å². The monoisotopic (exact) mass is 244 g/mol. The van der Waals surface area contributed by atoms with E-state index in [1.54, 1.807) is 6.92 Å². The number of carbonyl (C=O) groups is 1. The van der Waals surface area contributed by atoms with Gasteiger partial charge in [-0.15, -0.1) is 0 Å². The average molecular weight is 245 g/mol. The molecule has 0 aliphatic carbocycles. The van der Waals surface area contributed by atoms with E-state index in [9.17, 15) is 4.79 Å². The summed E-state index contributed by atoms with van der Waals surface area (Å²) in [5.74, 6) is -0.0228.